The normalized spacial score (nSPS) is 9.82. The van der Waals surface area contributed by atoms with Crippen molar-refractivity contribution in [2.75, 3.05) is 0 Å². The molecule has 1 nitrogen and oxygen atoms in total. The van der Waals surface area contributed by atoms with Crippen LogP contribution < -0.4 is 0 Å². The maximum absolute atomic E-state index is 8.25. The average Bonchev–Trinajstić information content (AvgIpc) is 2.04. The molecule has 0 aromatic heterocycles. The first-order chi connectivity index (χ1) is 5.33. The molecule has 0 spiro atoms. The van der Waals surface area contributed by atoms with Crippen LogP contribution in [-0.4, -0.2) is 0 Å². The minimum absolute atomic E-state index is 1.07. The summed E-state index contributed by atoms with van der Waals surface area (Å²) in [6, 6.07) is 9.98. The molecule has 0 bridgehead atoms. The summed E-state index contributed by atoms with van der Waals surface area (Å²) in [4.78, 5) is 0. The molecule has 0 atom stereocenters. The maximum atomic E-state index is 8.25. The summed E-state index contributed by atoms with van der Waals surface area (Å²) in [5.74, 6) is 0. The van der Waals surface area contributed by atoms with Crippen molar-refractivity contribution >= 4 is 6.08 Å². The second kappa shape index (κ2) is 3.58. The van der Waals surface area contributed by atoms with Crippen LogP contribution in [-0.2, 0) is 0 Å². The molecule has 0 saturated carbocycles. The van der Waals surface area contributed by atoms with Gasteiger partial charge in [0.15, 0.2) is 0 Å². The van der Waals surface area contributed by atoms with E-state index in [1.165, 1.54) is 11.6 Å². The van der Waals surface area contributed by atoms with Gasteiger partial charge in [-0.25, -0.2) is 0 Å². The molecule has 0 heterocycles. The molecule has 1 heteroatoms. The van der Waals surface area contributed by atoms with Crippen molar-refractivity contribution in [3.63, 3.8) is 0 Å². The fraction of sp³-hybridized carbons (Fsp3) is 0.100. The van der Waals surface area contributed by atoms with Gasteiger partial charge in [0.25, 0.3) is 0 Å². The molecule has 0 aliphatic heterocycles. The molecule has 1 aromatic carbocycles. The Morgan fingerprint density at radius 1 is 1.27 bits per heavy atom. The van der Waals surface area contributed by atoms with Gasteiger partial charge >= 0.3 is 0 Å². The van der Waals surface area contributed by atoms with Crippen molar-refractivity contribution in [2.45, 2.75) is 6.92 Å². The molecule has 0 radical (unpaired) electrons. The Hall–Kier alpha value is -1.55. The Labute approximate surface area is 66.6 Å². The number of benzene rings is 1. The van der Waals surface area contributed by atoms with Crippen molar-refractivity contribution in [3.05, 3.63) is 41.5 Å². The molecule has 0 unspecified atom stereocenters. The highest BCUT2D eigenvalue weighted by atomic mass is 14.2. The lowest BCUT2D eigenvalue weighted by molar-refractivity contribution is 1.46. The number of rotatable bonds is 1. The van der Waals surface area contributed by atoms with E-state index in [-0.39, 0.29) is 0 Å². The highest BCUT2D eigenvalue weighted by Gasteiger charge is 1.84. The quantitative estimate of drug-likeness (QED) is 0.554. The van der Waals surface area contributed by atoms with Crippen molar-refractivity contribution in [1.82, 2.24) is 0 Å². The fourth-order valence-corrected chi connectivity index (χ4v) is 0.811. The largest absolute Gasteiger partial charge is 0.193 e. The summed E-state index contributed by atoms with van der Waals surface area (Å²) < 4.78 is 0. The minimum atomic E-state index is 1.07. The second-order valence-corrected chi connectivity index (χ2v) is 2.37. The summed E-state index contributed by atoms with van der Waals surface area (Å²) in [5, 5.41) is 8.25. The van der Waals surface area contributed by atoms with Crippen LogP contribution >= 0.6 is 0 Å². The van der Waals surface area contributed by atoms with Crippen molar-refractivity contribution < 1.29 is 0 Å². The molecular weight excluding hydrogens is 134 g/mol. The molecular formula is C10H9N. The molecule has 0 aliphatic carbocycles. The van der Waals surface area contributed by atoms with E-state index in [4.69, 9.17) is 5.26 Å². The molecule has 54 valence electrons. The van der Waals surface area contributed by atoms with Crippen LogP contribution in [0.4, 0.5) is 0 Å². The monoisotopic (exact) mass is 143 g/mol. The highest BCUT2D eigenvalue weighted by Crippen LogP contribution is 2.04. The van der Waals surface area contributed by atoms with Gasteiger partial charge in [0.05, 0.1) is 6.07 Å². The van der Waals surface area contributed by atoms with Gasteiger partial charge in [-0.15, -0.1) is 0 Å². The number of nitrogens with zero attached hydrogens (tertiary/aromatic N) is 1. The number of allylic oxidation sites excluding steroid dienone is 1. The Balaban J connectivity index is 2.84. The minimum Gasteiger partial charge on any atom is -0.193 e. The summed E-state index contributed by atoms with van der Waals surface area (Å²) >= 11 is 0. The Morgan fingerprint density at radius 3 is 2.45 bits per heavy atom. The summed E-state index contributed by atoms with van der Waals surface area (Å²) in [6.07, 6.45) is 3.27. The van der Waals surface area contributed by atoms with Crippen molar-refractivity contribution in [2.24, 2.45) is 0 Å². The van der Waals surface area contributed by atoms with Gasteiger partial charge in [0, 0.05) is 6.08 Å². The fourth-order valence-electron chi connectivity index (χ4n) is 0.811. The van der Waals surface area contributed by atoms with Crippen molar-refractivity contribution in [3.8, 4) is 6.07 Å². The average molecular weight is 143 g/mol. The Morgan fingerprint density at radius 2 is 1.91 bits per heavy atom. The van der Waals surface area contributed by atoms with Gasteiger partial charge in [0.1, 0.15) is 0 Å². The summed E-state index contributed by atoms with van der Waals surface area (Å²) in [7, 11) is 0. The molecule has 0 amide bonds. The number of nitriles is 1. The van der Waals surface area contributed by atoms with Gasteiger partial charge in [0.2, 0.25) is 0 Å². The van der Waals surface area contributed by atoms with E-state index < -0.39 is 0 Å². The molecule has 1 rings (SSSR count). The van der Waals surface area contributed by atoms with E-state index in [1.54, 1.807) is 6.08 Å². The lowest BCUT2D eigenvalue weighted by atomic mass is 10.1. The van der Waals surface area contributed by atoms with Crippen molar-refractivity contribution in [1.29, 1.82) is 5.26 Å². The Kier molecular flexibility index (Phi) is 2.46. The number of hydrogen-bond acceptors (Lipinski definition) is 1. The van der Waals surface area contributed by atoms with E-state index in [0.717, 1.165) is 5.56 Å². The van der Waals surface area contributed by atoms with E-state index in [9.17, 15) is 0 Å². The number of hydrogen-bond donors (Lipinski definition) is 0. The van der Waals surface area contributed by atoms with Crippen LogP contribution in [0, 0.1) is 18.3 Å². The van der Waals surface area contributed by atoms with E-state index in [0.29, 0.717) is 0 Å². The van der Waals surface area contributed by atoms with E-state index in [1.807, 2.05) is 37.3 Å². The zero-order chi connectivity index (χ0) is 8.10. The predicted molar refractivity (Wildman–Crippen MR) is 45.8 cm³/mol. The molecule has 0 aliphatic rings. The zero-order valence-corrected chi connectivity index (χ0v) is 6.41. The third-order valence-electron chi connectivity index (χ3n) is 1.43. The standard InChI is InChI=1S/C10H9N/c1-9-4-6-10(7-5-9)3-2-8-11/h2-7H,1H3/b3-2+. The Bertz CT molecular complexity index is 288. The lowest BCUT2D eigenvalue weighted by Crippen LogP contribution is -1.72. The first-order valence-corrected chi connectivity index (χ1v) is 3.46. The van der Waals surface area contributed by atoms with Crippen LogP contribution in [0.2, 0.25) is 0 Å². The van der Waals surface area contributed by atoms with Gasteiger partial charge in [-0.05, 0) is 18.6 Å². The lowest BCUT2D eigenvalue weighted by Gasteiger charge is -1.92. The molecule has 1 aromatic rings. The van der Waals surface area contributed by atoms with Gasteiger partial charge < -0.3 is 0 Å². The van der Waals surface area contributed by atoms with Crippen LogP contribution in [0.1, 0.15) is 11.1 Å². The first-order valence-electron chi connectivity index (χ1n) is 3.46. The zero-order valence-electron chi connectivity index (χ0n) is 6.41. The molecule has 0 fully saturated rings. The topological polar surface area (TPSA) is 23.8 Å². The SMILES string of the molecule is Cc1ccc(/C=C/C#N)cc1. The third kappa shape index (κ3) is 2.27. The van der Waals surface area contributed by atoms with Gasteiger partial charge in [-0.2, -0.15) is 5.26 Å². The maximum Gasteiger partial charge on any atom is 0.0912 e. The van der Waals surface area contributed by atoms with Crippen LogP contribution in [0.3, 0.4) is 0 Å². The molecule has 11 heavy (non-hydrogen) atoms. The predicted octanol–water partition coefficient (Wildman–Crippen LogP) is 2.53. The van der Waals surface area contributed by atoms with Crippen LogP contribution in [0.15, 0.2) is 30.3 Å². The smallest absolute Gasteiger partial charge is 0.0912 e. The second-order valence-electron chi connectivity index (χ2n) is 2.37. The molecule has 0 N–H and O–H groups in total. The summed E-state index contributed by atoms with van der Waals surface area (Å²) in [6.45, 7) is 2.04. The number of aryl methyl sites for hydroxylation is 1. The van der Waals surface area contributed by atoms with E-state index in [2.05, 4.69) is 0 Å². The van der Waals surface area contributed by atoms with Crippen LogP contribution in [0.5, 0.6) is 0 Å². The first kappa shape index (κ1) is 7.56. The van der Waals surface area contributed by atoms with Gasteiger partial charge in [-0.3, -0.25) is 0 Å². The third-order valence-corrected chi connectivity index (χ3v) is 1.43. The van der Waals surface area contributed by atoms with E-state index >= 15 is 0 Å². The summed E-state index contributed by atoms with van der Waals surface area (Å²) in [5.41, 5.74) is 2.30. The highest BCUT2D eigenvalue weighted by molar-refractivity contribution is 5.51. The molecule has 0 saturated heterocycles. The van der Waals surface area contributed by atoms with Gasteiger partial charge in [-0.1, -0.05) is 29.8 Å². The van der Waals surface area contributed by atoms with Crippen LogP contribution in [0.25, 0.3) is 6.08 Å².